The van der Waals surface area contributed by atoms with Crippen molar-refractivity contribution < 1.29 is 8.42 Å². The molecule has 0 fully saturated rings. The maximum Gasteiger partial charge on any atom is 0.246 e. The predicted octanol–water partition coefficient (Wildman–Crippen LogP) is 2.18. The first-order valence-electron chi connectivity index (χ1n) is 5.99. The number of aryl methyl sites for hydroxylation is 1. The number of nitrogens with zero attached hydrogens (tertiary/aromatic N) is 2. The van der Waals surface area contributed by atoms with Crippen molar-refractivity contribution in [3.63, 3.8) is 0 Å². The normalized spacial score (nSPS) is 11.9. The van der Waals surface area contributed by atoms with E-state index in [4.69, 9.17) is 5.73 Å². The van der Waals surface area contributed by atoms with E-state index in [2.05, 4.69) is 25.8 Å². The van der Waals surface area contributed by atoms with Crippen LogP contribution in [-0.2, 0) is 23.1 Å². The van der Waals surface area contributed by atoms with Crippen LogP contribution in [0.1, 0.15) is 18.2 Å². The van der Waals surface area contributed by atoms with Crippen LogP contribution in [0.15, 0.2) is 27.0 Å². The van der Waals surface area contributed by atoms with Crippen molar-refractivity contribution in [1.29, 1.82) is 0 Å². The molecule has 110 valence electrons. The minimum absolute atomic E-state index is 0.0262. The van der Waals surface area contributed by atoms with Crippen LogP contribution in [0.3, 0.4) is 0 Å². The molecule has 20 heavy (non-hydrogen) atoms. The Bertz CT molecular complexity index is 693. The number of thiophene rings is 1. The first-order valence-corrected chi connectivity index (χ1v) is 9.08. The zero-order chi connectivity index (χ0) is 14.8. The third-order valence-corrected chi connectivity index (χ3v) is 5.60. The van der Waals surface area contributed by atoms with E-state index in [0.29, 0.717) is 6.54 Å². The molecule has 3 N–H and O–H groups in total. The highest BCUT2D eigenvalue weighted by atomic mass is 79.9. The zero-order valence-electron chi connectivity index (χ0n) is 10.8. The fourth-order valence-corrected chi connectivity index (χ4v) is 4.25. The average Bonchev–Trinajstić information content (AvgIpc) is 2.94. The van der Waals surface area contributed by atoms with Crippen LogP contribution in [0.25, 0.3) is 0 Å². The summed E-state index contributed by atoms with van der Waals surface area (Å²) in [4.78, 5) is 0.946. The van der Waals surface area contributed by atoms with Gasteiger partial charge in [-0.05, 0) is 34.5 Å². The summed E-state index contributed by atoms with van der Waals surface area (Å²) >= 11 is 4.82. The molecule has 0 aliphatic carbocycles. The molecule has 0 atom stereocenters. The summed E-state index contributed by atoms with van der Waals surface area (Å²) < 4.78 is 29.4. The van der Waals surface area contributed by atoms with Crippen molar-refractivity contribution in [1.82, 2.24) is 14.5 Å². The molecule has 2 heterocycles. The summed E-state index contributed by atoms with van der Waals surface area (Å²) in [6.45, 7) is 2.85. The second kappa shape index (κ2) is 6.25. The van der Waals surface area contributed by atoms with E-state index >= 15 is 0 Å². The van der Waals surface area contributed by atoms with Crippen molar-refractivity contribution in [3.8, 4) is 0 Å². The van der Waals surface area contributed by atoms with Gasteiger partial charge in [-0.2, -0.15) is 5.10 Å². The Labute approximate surface area is 130 Å². The van der Waals surface area contributed by atoms with Crippen LogP contribution in [0.2, 0.25) is 0 Å². The molecular weight excluding hydrogens is 364 g/mol. The first-order chi connectivity index (χ1) is 9.42. The van der Waals surface area contributed by atoms with Crippen molar-refractivity contribution >= 4 is 43.1 Å². The van der Waals surface area contributed by atoms with E-state index in [-0.39, 0.29) is 17.3 Å². The molecule has 0 aromatic carbocycles. The zero-order valence-corrected chi connectivity index (χ0v) is 14.1. The molecular formula is C11H15BrN4O2S2. The Kier molecular flexibility index (Phi) is 4.84. The van der Waals surface area contributed by atoms with E-state index in [1.54, 1.807) is 4.68 Å². The Morgan fingerprint density at radius 3 is 2.85 bits per heavy atom. The van der Waals surface area contributed by atoms with Gasteiger partial charge in [-0.1, -0.05) is 6.92 Å². The fourth-order valence-electron chi connectivity index (χ4n) is 1.66. The van der Waals surface area contributed by atoms with Gasteiger partial charge in [0.25, 0.3) is 0 Å². The summed E-state index contributed by atoms with van der Waals surface area (Å²) in [6, 6.07) is 3.74. The van der Waals surface area contributed by atoms with Gasteiger partial charge >= 0.3 is 0 Å². The topological polar surface area (TPSA) is 90.0 Å². The van der Waals surface area contributed by atoms with Gasteiger partial charge in [0, 0.05) is 24.2 Å². The first kappa shape index (κ1) is 15.5. The lowest BCUT2D eigenvalue weighted by Gasteiger charge is -2.03. The van der Waals surface area contributed by atoms with Crippen LogP contribution >= 0.6 is 27.3 Å². The van der Waals surface area contributed by atoms with Crippen LogP contribution in [0.4, 0.5) is 5.82 Å². The van der Waals surface area contributed by atoms with Gasteiger partial charge in [0.2, 0.25) is 10.0 Å². The van der Waals surface area contributed by atoms with Gasteiger partial charge in [0.05, 0.1) is 3.79 Å². The minimum atomic E-state index is -3.64. The standard InChI is InChI=1S/C11H15BrN4O2S2/c1-2-5-16-7-9(11(13)15-16)20(17,18)14-6-8-3-4-10(12)19-8/h3-4,7,14H,2,5-6H2,1H3,(H2,13,15). The quantitative estimate of drug-likeness (QED) is 0.805. The van der Waals surface area contributed by atoms with Gasteiger partial charge in [0.15, 0.2) is 5.82 Å². The Morgan fingerprint density at radius 2 is 2.25 bits per heavy atom. The smallest absolute Gasteiger partial charge is 0.246 e. The molecule has 0 spiro atoms. The van der Waals surface area contributed by atoms with E-state index in [1.165, 1.54) is 17.5 Å². The molecule has 0 bridgehead atoms. The van der Waals surface area contributed by atoms with Crippen LogP contribution < -0.4 is 10.5 Å². The van der Waals surface area contributed by atoms with Gasteiger partial charge in [-0.15, -0.1) is 11.3 Å². The lowest BCUT2D eigenvalue weighted by Crippen LogP contribution is -2.23. The lowest BCUT2D eigenvalue weighted by molar-refractivity contribution is 0.579. The predicted molar refractivity (Wildman–Crippen MR) is 83.0 cm³/mol. The lowest BCUT2D eigenvalue weighted by atomic mass is 10.5. The van der Waals surface area contributed by atoms with Gasteiger partial charge in [-0.25, -0.2) is 13.1 Å². The van der Waals surface area contributed by atoms with Gasteiger partial charge < -0.3 is 5.73 Å². The Morgan fingerprint density at radius 1 is 1.50 bits per heavy atom. The van der Waals surface area contributed by atoms with Crippen molar-refractivity contribution in [2.75, 3.05) is 5.73 Å². The molecule has 0 unspecified atom stereocenters. The van der Waals surface area contributed by atoms with E-state index < -0.39 is 10.0 Å². The molecule has 2 aromatic heterocycles. The summed E-state index contributed by atoms with van der Waals surface area (Å²) in [5.41, 5.74) is 5.67. The summed E-state index contributed by atoms with van der Waals surface area (Å²) in [5.74, 6) is 0.0262. The molecule has 2 rings (SSSR count). The molecule has 0 aliphatic rings. The minimum Gasteiger partial charge on any atom is -0.381 e. The summed E-state index contributed by atoms with van der Waals surface area (Å²) in [6.07, 6.45) is 2.32. The fraction of sp³-hybridized carbons (Fsp3) is 0.364. The van der Waals surface area contributed by atoms with E-state index in [9.17, 15) is 8.42 Å². The number of aromatic nitrogens is 2. The third-order valence-electron chi connectivity index (χ3n) is 2.56. The van der Waals surface area contributed by atoms with E-state index in [1.807, 2.05) is 19.1 Å². The van der Waals surface area contributed by atoms with Gasteiger partial charge in [-0.3, -0.25) is 4.68 Å². The van der Waals surface area contributed by atoms with Crippen molar-refractivity contribution in [2.24, 2.45) is 0 Å². The monoisotopic (exact) mass is 378 g/mol. The second-order valence-electron chi connectivity index (χ2n) is 4.17. The van der Waals surface area contributed by atoms with Crippen LogP contribution in [0, 0.1) is 0 Å². The number of halogens is 1. The van der Waals surface area contributed by atoms with Crippen molar-refractivity contribution in [3.05, 3.63) is 27.0 Å². The maximum atomic E-state index is 12.2. The maximum absolute atomic E-state index is 12.2. The average molecular weight is 379 g/mol. The molecule has 0 radical (unpaired) electrons. The SMILES string of the molecule is CCCn1cc(S(=O)(=O)NCc2ccc(Br)s2)c(N)n1. The summed E-state index contributed by atoms with van der Waals surface area (Å²) in [7, 11) is -3.64. The molecule has 0 saturated heterocycles. The molecule has 2 aromatic rings. The molecule has 0 saturated carbocycles. The highest BCUT2D eigenvalue weighted by Crippen LogP contribution is 2.23. The number of nitrogen functional groups attached to an aromatic ring is 1. The number of hydrogen-bond acceptors (Lipinski definition) is 5. The Balaban J connectivity index is 2.13. The molecule has 0 aliphatic heterocycles. The number of rotatable bonds is 6. The number of nitrogens with two attached hydrogens (primary N) is 1. The van der Waals surface area contributed by atoms with Crippen LogP contribution in [0.5, 0.6) is 0 Å². The molecule has 6 nitrogen and oxygen atoms in total. The van der Waals surface area contributed by atoms with E-state index in [0.717, 1.165) is 15.1 Å². The number of anilines is 1. The molecule has 0 amide bonds. The van der Waals surface area contributed by atoms with Crippen molar-refractivity contribution in [2.45, 2.75) is 31.3 Å². The third kappa shape index (κ3) is 3.60. The number of nitrogens with one attached hydrogen (secondary N) is 1. The Hall–Kier alpha value is -0.900. The molecule has 9 heteroatoms. The number of sulfonamides is 1. The van der Waals surface area contributed by atoms with Gasteiger partial charge in [0.1, 0.15) is 4.90 Å². The second-order valence-corrected chi connectivity index (χ2v) is 8.45. The highest BCUT2D eigenvalue weighted by molar-refractivity contribution is 9.11. The van der Waals surface area contributed by atoms with Crippen LogP contribution in [-0.4, -0.2) is 18.2 Å². The highest BCUT2D eigenvalue weighted by Gasteiger charge is 2.21. The number of hydrogen-bond donors (Lipinski definition) is 2. The largest absolute Gasteiger partial charge is 0.381 e. The summed E-state index contributed by atoms with van der Waals surface area (Å²) in [5, 5.41) is 4.00.